The molecule has 1 unspecified atom stereocenters. The highest BCUT2D eigenvalue weighted by atomic mass is 16.2. The third-order valence-electron chi connectivity index (χ3n) is 4.77. The Bertz CT molecular complexity index is 812. The van der Waals surface area contributed by atoms with Gasteiger partial charge < -0.3 is 5.73 Å². The van der Waals surface area contributed by atoms with Gasteiger partial charge in [0.1, 0.15) is 0 Å². The van der Waals surface area contributed by atoms with Gasteiger partial charge in [0.2, 0.25) is 5.91 Å². The highest BCUT2D eigenvalue weighted by Gasteiger charge is 2.36. The molecule has 0 saturated carbocycles. The van der Waals surface area contributed by atoms with Crippen LogP contribution < -0.4 is 5.73 Å². The van der Waals surface area contributed by atoms with E-state index in [1.54, 1.807) is 7.05 Å². The van der Waals surface area contributed by atoms with E-state index in [4.69, 9.17) is 5.73 Å². The number of rotatable bonds is 3. The third-order valence-corrected chi connectivity index (χ3v) is 4.77. The summed E-state index contributed by atoms with van der Waals surface area (Å²) in [5.41, 5.74) is 10.00. The van der Waals surface area contributed by atoms with Gasteiger partial charge in [0.15, 0.2) is 5.96 Å². The highest BCUT2D eigenvalue weighted by molar-refractivity contribution is 5.98. The monoisotopic (exact) mass is 321 g/mol. The van der Waals surface area contributed by atoms with Crippen LogP contribution in [0.1, 0.15) is 31.4 Å². The Morgan fingerprint density at radius 2 is 1.96 bits per heavy atom. The molecular formula is C20H23N3O. The van der Waals surface area contributed by atoms with Crippen molar-refractivity contribution >= 4 is 11.9 Å². The zero-order valence-corrected chi connectivity index (χ0v) is 14.4. The minimum Gasteiger partial charge on any atom is -0.369 e. The van der Waals surface area contributed by atoms with Crippen molar-refractivity contribution in [3.05, 3.63) is 59.7 Å². The zero-order chi connectivity index (χ0) is 17.3. The van der Waals surface area contributed by atoms with Crippen LogP contribution in [0.15, 0.2) is 53.5 Å². The molecule has 1 atom stereocenters. The molecule has 0 aliphatic carbocycles. The summed E-state index contributed by atoms with van der Waals surface area (Å²) in [6.45, 7) is 4.13. The van der Waals surface area contributed by atoms with E-state index >= 15 is 0 Å². The van der Waals surface area contributed by atoms with Crippen LogP contribution in [0.5, 0.6) is 0 Å². The molecule has 0 saturated heterocycles. The molecule has 2 N–H and O–H groups in total. The number of amides is 1. The van der Waals surface area contributed by atoms with Gasteiger partial charge in [-0.2, -0.15) is 0 Å². The van der Waals surface area contributed by atoms with Crippen molar-refractivity contribution in [3.8, 4) is 11.1 Å². The lowest BCUT2D eigenvalue weighted by atomic mass is 9.85. The minimum atomic E-state index is -0.620. The van der Waals surface area contributed by atoms with Gasteiger partial charge in [-0.15, -0.1) is 0 Å². The molecule has 2 aromatic carbocycles. The van der Waals surface area contributed by atoms with Crippen molar-refractivity contribution in [1.29, 1.82) is 0 Å². The van der Waals surface area contributed by atoms with Crippen LogP contribution in [-0.2, 0) is 16.8 Å². The molecule has 0 spiro atoms. The molecular weight excluding hydrogens is 298 g/mol. The molecule has 1 aliphatic heterocycles. The zero-order valence-electron chi connectivity index (χ0n) is 14.4. The molecule has 1 amide bonds. The second-order valence-corrected chi connectivity index (χ2v) is 6.46. The predicted octanol–water partition coefficient (Wildman–Crippen LogP) is 3.31. The number of nitrogens with zero attached hydrogens (tertiary/aromatic N) is 2. The average molecular weight is 321 g/mol. The fourth-order valence-corrected chi connectivity index (χ4v) is 3.21. The SMILES string of the molecule is CCc1ccccc1-c1cccc(C2(C)CC(=O)N(C)C(N)=N2)c1. The molecule has 4 heteroatoms. The maximum absolute atomic E-state index is 12.2. The molecule has 1 heterocycles. The van der Waals surface area contributed by atoms with Crippen LogP contribution in [0.2, 0.25) is 0 Å². The van der Waals surface area contributed by atoms with Gasteiger partial charge >= 0.3 is 0 Å². The highest BCUT2D eigenvalue weighted by Crippen LogP contribution is 2.35. The number of aryl methyl sites for hydroxylation is 1. The molecule has 0 radical (unpaired) electrons. The molecule has 0 fully saturated rings. The molecule has 2 aromatic rings. The number of carbonyl (C=O) groups is 1. The lowest BCUT2D eigenvalue weighted by Gasteiger charge is -2.33. The van der Waals surface area contributed by atoms with E-state index in [0.717, 1.165) is 17.5 Å². The van der Waals surface area contributed by atoms with Crippen molar-refractivity contribution in [1.82, 2.24) is 4.90 Å². The van der Waals surface area contributed by atoms with E-state index in [0.29, 0.717) is 6.42 Å². The predicted molar refractivity (Wildman–Crippen MR) is 97.6 cm³/mol. The first-order valence-corrected chi connectivity index (χ1v) is 8.25. The lowest BCUT2D eigenvalue weighted by molar-refractivity contribution is -0.128. The van der Waals surface area contributed by atoms with Crippen LogP contribution >= 0.6 is 0 Å². The van der Waals surface area contributed by atoms with Crippen molar-refractivity contribution in [2.75, 3.05) is 7.05 Å². The van der Waals surface area contributed by atoms with Gasteiger partial charge in [0, 0.05) is 7.05 Å². The van der Waals surface area contributed by atoms with Crippen LogP contribution in [-0.4, -0.2) is 23.8 Å². The quantitative estimate of drug-likeness (QED) is 0.943. The largest absolute Gasteiger partial charge is 0.369 e. The van der Waals surface area contributed by atoms with Crippen molar-refractivity contribution in [2.45, 2.75) is 32.2 Å². The van der Waals surface area contributed by atoms with Crippen molar-refractivity contribution < 1.29 is 4.79 Å². The van der Waals surface area contributed by atoms with Gasteiger partial charge in [-0.3, -0.25) is 9.69 Å². The number of nitrogens with two attached hydrogens (primary N) is 1. The summed E-state index contributed by atoms with van der Waals surface area (Å²) >= 11 is 0. The molecule has 4 nitrogen and oxygen atoms in total. The van der Waals surface area contributed by atoms with E-state index in [1.807, 2.05) is 19.1 Å². The number of benzene rings is 2. The Kier molecular flexibility index (Phi) is 4.14. The fourth-order valence-electron chi connectivity index (χ4n) is 3.21. The van der Waals surface area contributed by atoms with Crippen LogP contribution in [0.4, 0.5) is 0 Å². The average Bonchev–Trinajstić information content (AvgIpc) is 2.59. The van der Waals surface area contributed by atoms with E-state index in [9.17, 15) is 4.79 Å². The molecule has 1 aliphatic rings. The number of aliphatic imine (C=N–C) groups is 1. The van der Waals surface area contributed by atoms with Gasteiger partial charge in [0.05, 0.1) is 12.0 Å². The van der Waals surface area contributed by atoms with Crippen LogP contribution in [0.25, 0.3) is 11.1 Å². The minimum absolute atomic E-state index is 0.00985. The van der Waals surface area contributed by atoms with Crippen LogP contribution in [0.3, 0.4) is 0 Å². The molecule has 0 bridgehead atoms. The lowest BCUT2D eigenvalue weighted by Crippen LogP contribution is -2.47. The first-order valence-electron chi connectivity index (χ1n) is 8.25. The second kappa shape index (κ2) is 6.11. The summed E-state index contributed by atoms with van der Waals surface area (Å²) in [5.74, 6) is 0.262. The summed E-state index contributed by atoms with van der Waals surface area (Å²) < 4.78 is 0. The number of carbonyl (C=O) groups excluding carboxylic acids is 1. The molecule has 24 heavy (non-hydrogen) atoms. The normalized spacial score (nSPS) is 20.9. The standard InChI is InChI=1S/C20H23N3O/c1-4-14-8-5-6-11-17(14)15-9-7-10-16(12-15)20(2)13-18(24)23(3)19(21)22-20/h5-12H,4,13H2,1-3H3,(H2,21,22). The van der Waals surface area contributed by atoms with Crippen LogP contribution in [0, 0.1) is 0 Å². The summed E-state index contributed by atoms with van der Waals surface area (Å²) in [4.78, 5) is 18.2. The van der Waals surface area contributed by atoms with Gasteiger partial charge in [-0.25, -0.2) is 4.99 Å². The summed E-state index contributed by atoms with van der Waals surface area (Å²) in [5, 5.41) is 0. The maximum atomic E-state index is 12.2. The maximum Gasteiger partial charge on any atom is 0.231 e. The fraction of sp³-hybridized carbons (Fsp3) is 0.300. The van der Waals surface area contributed by atoms with Gasteiger partial charge in [0.25, 0.3) is 0 Å². The number of hydrogen-bond acceptors (Lipinski definition) is 3. The number of guanidine groups is 1. The Morgan fingerprint density at radius 1 is 1.21 bits per heavy atom. The van der Waals surface area contributed by atoms with Crippen molar-refractivity contribution in [2.24, 2.45) is 10.7 Å². The summed E-state index contributed by atoms with van der Waals surface area (Å²) in [7, 11) is 1.66. The molecule has 124 valence electrons. The molecule has 0 aromatic heterocycles. The van der Waals surface area contributed by atoms with Gasteiger partial charge in [-0.05, 0) is 41.7 Å². The van der Waals surface area contributed by atoms with E-state index in [-0.39, 0.29) is 11.9 Å². The second-order valence-electron chi connectivity index (χ2n) is 6.46. The Hall–Kier alpha value is -2.62. The third kappa shape index (κ3) is 2.80. The Labute approximate surface area is 143 Å². The Balaban J connectivity index is 2.07. The first-order chi connectivity index (χ1) is 11.4. The molecule has 3 rings (SSSR count). The first kappa shape index (κ1) is 16.2. The van der Waals surface area contributed by atoms with E-state index < -0.39 is 5.54 Å². The van der Waals surface area contributed by atoms with Gasteiger partial charge in [-0.1, -0.05) is 49.4 Å². The topological polar surface area (TPSA) is 58.7 Å². The number of hydrogen-bond donors (Lipinski definition) is 1. The summed E-state index contributed by atoms with van der Waals surface area (Å²) in [6, 6.07) is 16.7. The van der Waals surface area contributed by atoms with E-state index in [2.05, 4.69) is 48.3 Å². The summed E-state index contributed by atoms with van der Waals surface area (Å²) in [6.07, 6.45) is 1.30. The van der Waals surface area contributed by atoms with Crippen molar-refractivity contribution in [3.63, 3.8) is 0 Å². The Morgan fingerprint density at radius 3 is 2.67 bits per heavy atom. The smallest absolute Gasteiger partial charge is 0.231 e. The van der Waals surface area contributed by atoms with E-state index in [1.165, 1.54) is 16.0 Å².